The molecule has 2 rings (SSSR count). The summed E-state index contributed by atoms with van der Waals surface area (Å²) >= 11 is 6.25. The predicted molar refractivity (Wildman–Crippen MR) is 67.6 cm³/mol. The molecule has 0 saturated heterocycles. The Hall–Kier alpha value is -1.42. The maximum atomic E-state index is 10.9. The zero-order valence-corrected chi connectivity index (χ0v) is 10.9. The van der Waals surface area contributed by atoms with E-state index in [1.54, 1.807) is 19.1 Å². The fourth-order valence-electron chi connectivity index (χ4n) is 1.82. The first-order chi connectivity index (χ1) is 8.59. The summed E-state index contributed by atoms with van der Waals surface area (Å²) in [5.74, 6) is -0.154. The number of aliphatic carboxylic acids is 1. The molecule has 1 unspecified atom stereocenters. The molecule has 0 spiro atoms. The highest BCUT2D eigenvalue weighted by molar-refractivity contribution is 6.33. The predicted octanol–water partition coefficient (Wildman–Crippen LogP) is 2.76. The second-order valence-electron chi connectivity index (χ2n) is 4.36. The molecule has 1 aliphatic rings. The molecule has 0 aromatic heterocycles. The molecule has 0 aliphatic carbocycles. The van der Waals surface area contributed by atoms with Crippen molar-refractivity contribution < 1.29 is 19.4 Å². The van der Waals surface area contributed by atoms with Crippen molar-refractivity contribution in [1.82, 2.24) is 0 Å². The number of halogens is 1. The van der Waals surface area contributed by atoms with Crippen LogP contribution < -0.4 is 9.47 Å². The lowest BCUT2D eigenvalue weighted by atomic mass is 10.0. The van der Waals surface area contributed by atoms with E-state index < -0.39 is 11.9 Å². The number of carboxylic acid groups (broad SMARTS) is 1. The van der Waals surface area contributed by atoms with Crippen LogP contribution in [0.15, 0.2) is 12.1 Å². The van der Waals surface area contributed by atoms with Crippen LogP contribution >= 0.6 is 11.6 Å². The van der Waals surface area contributed by atoms with Gasteiger partial charge in [0.1, 0.15) is 0 Å². The van der Waals surface area contributed by atoms with Crippen LogP contribution in [0.1, 0.15) is 18.9 Å². The zero-order valence-electron chi connectivity index (χ0n) is 10.1. The molecule has 4 nitrogen and oxygen atoms in total. The van der Waals surface area contributed by atoms with Crippen molar-refractivity contribution in [2.45, 2.75) is 19.8 Å². The molecule has 0 bridgehead atoms. The van der Waals surface area contributed by atoms with Gasteiger partial charge >= 0.3 is 5.97 Å². The summed E-state index contributed by atoms with van der Waals surface area (Å²) in [5.41, 5.74) is 0.774. The number of fused-ring (bicyclic) bond motifs is 1. The largest absolute Gasteiger partial charge is 0.490 e. The molecule has 1 N–H and O–H groups in total. The highest BCUT2D eigenvalue weighted by atomic mass is 35.5. The minimum absolute atomic E-state index is 0.380. The molecule has 1 aromatic carbocycles. The summed E-state index contributed by atoms with van der Waals surface area (Å²) < 4.78 is 11.1. The fraction of sp³-hybridized carbons (Fsp3) is 0.462. The molecule has 5 heteroatoms. The van der Waals surface area contributed by atoms with Crippen LogP contribution in [0.4, 0.5) is 0 Å². The maximum absolute atomic E-state index is 10.9. The van der Waals surface area contributed by atoms with Crippen LogP contribution in [0.3, 0.4) is 0 Å². The van der Waals surface area contributed by atoms with Crippen molar-refractivity contribution in [2.24, 2.45) is 5.92 Å². The van der Waals surface area contributed by atoms with E-state index in [1.807, 2.05) is 0 Å². The molecule has 1 heterocycles. The van der Waals surface area contributed by atoms with Gasteiger partial charge in [0.25, 0.3) is 0 Å². The van der Waals surface area contributed by atoms with Crippen molar-refractivity contribution in [1.29, 1.82) is 0 Å². The molecule has 0 fully saturated rings. The van der Waals surface area contributed by atoms with Crippen molar-refractivity contribution in [2.75, 3.05) is 13.2 Å². The summed E-state index contributed by atoms with van der Waals surface area (Å²) in [7, 11) is 0. The van der Waals surface area contributed by atoms with Crippen LogP contribution in [0.25, 0.3) is 0 Å². The Kier molecular flexibility index (Phi) is 3.97. The molecular formula is C13H15ClO4. The summed E-state index contributed by atoms with van der Waals surface area (Å²) in [6.45, 7) is 2.82. The average Bonchev–Trinajstić information content (AvgIpc) is 2.58. The second-order valence-corrected chi connectivity index (χ2v) is 4.74. The van der Waals surface area contributed by atoms with Gasteiger partial charge in [0.05, 0.1) is 24.2 Å². The number of ether oxygens (including phenoxy) is 2. The van der Waals surface area contributed by atoms with E-state index in [9.17, 15) is 4.79 Å². The number of carbonyl (C=O) groups is 1. The fourth-order valence-corrected chi connectivity index (χ4v) is 2.11. The molecule has 1 atom stereocenters. The first-order valence-electron chi connectivity index (χ1n) is 5.89. The van der Waals surface area contributed by atoms with Crippen molar-refractivity contribution in [3.63, 3.8) is 0 Å². The lowest BCUT2D eigenvalue weighted by Gasteiger charge is -2.14. The van der Waals surface area contributed by atoms with Crippen LogP contribution in [-0.2, 0) is 11.2 Å². The van der Waals surface area contributed by atoms with E-state index >= 15 is 0 Å². The first-order valence-corrected chi connectivity index (χ1v) is 6.27. The van der Waals surface area contributed by atoms with Crippen LogP contribution in [-0.4, -0.2) is 24.3 Å². The van der Waals surface area contributed by atoms with Crippen LogP contribution in [0.5, 0.6) is 11.5 Å². The van der Waals surface area contributed by atoms with E-state index in [1.165, 1.54) is 0 Å². The monoisotopic (exact) mass is 270 g/mol. The van der Waals surface area contributed by atoms with E-state index in [0.717, 1.165) is 12.0 Å². The van der Waals surface area contributed by atoms with Gasteiger partial charge in [-0.15, -0.1) is 0 Å². The summed E-state index contributed by atoms with van der Waals surface area (Å²) in [6, 6.07) is 3.59. The third kappa shape index (κ3) is 2.70. The Morgan fingerprint density at radius 2 is 2.17 bits per heavy atom. The van der Waals surface area contributed by atoms with Gasteiger partial charge in [-0.1, -0.05) is 24.6 Å². The van der Waals surface area contributed by atoms with E-state index in [-0.39, 0.29) is 0 Å². The maximum Gasteiger partial charge on any atom is 0.306 e. The number of hydrogen-bond donors (Lipinski definition) is 1. The van der Waals surface area contributed by atoms with E-state index in [4.69, 9.17) is 26.2 Å². The molecular weight excluding hydrogens is 256 g/mol. The Balaban J connectivity index is 2.28. The molecule has 0 amide bonds. The first kappa shape index (κ1) is 13.0. The Bertz CT molecular complexity index is 459. The standard InChI is InChI=1S/C13H15ClO4/c1-8(13(15)16)7-9-3-4-10-12(11(9)14)18-6-2-5-17-10/h3-4,8H,2,5-7H2,1H3,(H,15,16). The van der Waals surface area contributed by atoms with E-state index in [2.05, 4.69) is 0 Å². The quantitative estimate of drug-likeness (QED) is 0.918. The second kappa shape index (κ2) is 5.48. The lowest BCUT2D eigenvalue weighted by Crippen LogP contribution is -2.12. The van der Waals surface area contributed by atoms with Gasteiger partial charge < -0.3 is 14.6 Å². The van der Waals surface area contributed by atoms with Crippen LogP contribution in [0.2, 0.25) is 5.02 Å². The van der Waals surface area contributed by atoms with Crippen molar-refractivity contribution in [3.8, 4) is 11.5 Å². The molecule has 0 saturated carbocycles. The molecule has 1 aromatic rings. The molecule has 1 aliphatic heterocycles. The van der Waals surface area contributed by atoms with Gasteiger partial charge in [0.2, 0.25) is 0 Å². The number of benzene rings is 1. The minimum Gasteiger partial charge on any atom is -0.490 e. The average molecular weight is 271 g/mol. The van der Waals surface area contributed by atoms with Gasteiger partial charge in [-0.05, 0) is 18.1 Å². The molecule has 0 radical (unpaired) electrons. The smallest absolute Gasteiger partial charge is 0.306 e. The minimum atomic E-state index is -0.835. The highest BCUT2D eigenvalue weighted by Crippen LogP contribution is 2.39. The summed E-state index contributed by atoms with van der Waals surface area (Å²) in [5, 5.41) is 9.38. The van der Waals surface area contributed by atoms with Gasteiger partial charge in [0.15, 0.2) is 11.5 Å². The van der Waals surface area contributed by atoms with E-state index in [0.29, 0.717) is 36.2 Å². The van der Waals surface area contributed by atoms with Crippen molar-refractivity contribution in [3.05, 3.63) is 22.7 Å². The zero-order chi connectivity index (χ0) is 13.1. The number of hydrogen-bond acceptors (Lipinski definition) is 3. The van der Waals surface area contributed by atoms with Gasteiger partial charge in [-0.3, -0.25) is 4.79 Å². The number of carboxylic acids is 1. The molecule has 18 heavy (non-hydrogen) atoms. The Morgan fingerprint density at radius 3 is 2.89 bits per heavy atom. The summed E-state index contributed by atoms with van der Waals surface area (Å²) in [6.07, 6.45) is 1.19. The molecule has 98 valence electrons. The van der Waals surface area contributed by atoms with Gasteiger partial charge in [0, 0.05) is 6.42 Å². The van der Waals surface area contributed by atoms with Gasteiger partial charge in [-0.2, -0.15) is 0 Å². The van der Waals surface area contributed by atoms with Crippen LogP contribution in [0, 0.1) is 5.92 Å². The Morgan fingerprint density at radius 1 is 1.44 bits per heavy atom. The SMILES string of the molecule is CC(Cc1ccc2c(c1Cl)OCCCO2)C(=O)O. The van der Waals surface area contributed by atoms with Gasteiger partial charge in [-0.25, -0.2) is 0 Å². The third-order valence-corrected chi connectivity index (χ3v) is 3.30. The highest BCUT2D eigenvalue weighted by Gasteiger charge is 2.20. The third-order valence-electron chi connectivity index (χ3n) is 2.88. The lowest BCUT2D eigenvalue weighted by molar-refractivity contribution is -0.141. The van der Waals surface area contributed by atoms with Crippen molar-refractivity contribution >= 4 is 17.6 Å². The normalized spacial score (nSPS) is 15.9. The topological polar surface area (TPSA) is 55.8 Å². The summed E-state index contributed by atoms with van der Waals surface area (Å²) in [4.78, 5) is 10.9. The number of rotatable bonds is 3. The Labute approximate surface area is 110 Å².